The maximum atomic E-state index is 12.2. The van der Waals surface area contributed by atoms with E-state index in [1.807, 2.05) is 0 Å². The van der Waals surface area contributed by atoms with Crippen molar-refractivity contribution in [1.82, 2.24) is 0 Å². The van der Waals surface area contributed by atoms with Crippen LogP contribution in [0.4, 0.5) is 5.69 Å². The average Bonchev–Trinajstić information content (AvgIpc) is 3.11. The van der Waals surface area contributed by atoms with Crippen molar-refractivity contribution in [3.05, 3.63) is 18.2 Å². The molecule has 0 aromatic heterocycles. The molecule has 2 saturated heterocycles. The van der Waals surface area contributed by atoms with E-state index in [4.69, 9.17) is 19.3 Å². The van der Waals surface area contributed by atoms with Crippen molar-refractivity contribution in [2.45, 2.75) is 11.3 Å². The summed E-state index contributed by atoms with van der Waals surface area (Å²) < 4.78 is 39.8. The molecule has 0 saturated carbocycles. The van der Waals surface area contributed by atoms with Crippen LogP contribution >= 0.6 is 11.8 Å². The number of carbonyl (C=O) groups excluding carboxylic acids is 1. The number of thioether (sulfide) groups is 1. The number of nitrogens with zero attached hydrogens (tertiary/aromatic N) is 2. The standard InChI is InChI=1S/C17H20N2O8S2/c1-25-10-3-4-13(26-2)11(5-10)19-12-8-29(23,24)9-14(12)28-17(19)18-15(20)6-27-7-16(21)22/h3-5,12,14H,6-9H2,1-2H3,(H,21,22)/t12-,14-/m1/s1. The van der Waals surface area contributed by atoms with Crippen LogP contribution in [0.5, 0.6) is 11.5 Å². The predicted octanol–water partition coefficient (Wildman–Crippen LogP) is 0.406. The number of aliphatic imine (C=N–C) groups is 1. The molecule has 2 aliphatic heterocycles. The summed E-state index contributed by atoms with van der Waals surface area (Å²) in [5, 5.41) is 8.62. The third-order valence-electron chi connectivity index (χ3n) is 4.38. The summed E-state index contributed by atoms with van der Waals surface area (Å²) in [6.45, 7) is -1.10. The highest BCUT2D eigenvalue weighted by molar-refractivity contribution is 8.16. The minimum atomic E-state index is -3.22. The number of anilines is 1. The monoisotopic (exact) mass is 444 g/mol. The maximum Gasteiger partial charge on any atom is 0.329 e. The van der Waals surface area contributed by atoms with Gasteiger partial charge in [-0.3, -0.25) is 4.79 Å². The topological polar surface area (TPSA) is 132 Å². The molecule has 158 valence electrons. The van der Waals surface area contributed by atoms with Gasteiger partial charge in [-0.25, -0.2) is 13.2 Å². The fourth-order valence-corrected chi connectivity index (χ4v) is 7.12. The van der Waals surface area contributed by atoms with E-state index in [1.54, 1.807) is 23.1 Å². The summed E-state index contributed by atoms with van der Waals surface area (Å²) in [5.74, 6) is -0.947. The Morgan fingerprint density at radius 2 is 2.00 bits per heavy atom. The molecule has 1 amide bonds. The molecule has 0 unspecified atom stereocenters. The number of ether oxygens (including phenoxy) is 3. The van der Waals surface area contributed by atoms with Crippen LogP contribution in [0, 0.1) is 0 Å². The van der Waals surface area contributed by atoms with Gasteiger partial charge in [0.25, 0.3) is 5.91 Å². The lowest BCUT2D eigenvalue weighted by Gasteiger charge is -2.26. The number of benzene rings is 1. The summed E-state index contributed by atoms with van der Waals surface area (Å²) in [7, 11) is -0.231. The zero-order chi connectivity index (χ0) is 21.2. The van der Waals surface area contributed by atoms with E-state index >= 15 is 0 Å². The Bertz CT molecular complexity index is 947. The van der Waals surface area contributed by atoms with Gasteiger partial charge in [-0.1, -0.05) is 11.8 Å². The molecule has 2 aliphatic rings. The molecule has 2 fully saturated rings. The van der Waals surface area contributed by atoms with Gasteiger partial charge < -0.3 is 24.2 Å². The SMILES string of the molecule is COc1ccc(OC)c(N2C(=NC(=O)COCC(=O)O)S[C@@H]3CS(=O)(=O)C[C@H]32)c1. The Kier molecular flexibility index (Phi) is 6.34. The van der Waals surface area contributed by atoms with Crippen molar-refractivity contribution >= 4 is 44.3 Å². The Labute approximate surface area is 171 Å². The molecule has 3 rings (SSSR count). The number of carboxylic acids is 1. The number of amides is 1. The molecule has 0 spiro atoms. The molecular weight excluding hydrogens is 424 g/mol. The minimum absolute atomic E-state index is 0.0200. The van der Waals surface area contributed by atoms with Crippen molar-refractivity contribution in [2.75, 3.05) is 43.8 Å². The number of methoxy groups -OCH3 is 2. The van der Waals surface area contributed by atoms with Crippen LogP contribution < -0.4 is 14.4 Å². The number of fused-ring (bicyclic) bond motifs is 1. The number of amidine groups is 1. The fourth-order valence-electron chi connectivity index (χ4n) is 3.20. The van der Waals surface area contributed by atoms with E-state index in [-0.39, 0.29) is 16.8 Å². The summed E-state index contributed by atoms with van der Waals surface area (Å²) in [6, 6.07) is 4.66. The van der Waals surface area contributed by atoms with Crippen LogP contribution in [0.2, 0.25) is 0 Å². The molecule has 0 radical (unpaired) electrons. The zero-order valence-corrected chi connectivity index (χ0v) is 17.4. The van der Waals surface area contributed by atoms with E-state index in [9.17, 15) is 18.0 Å². The van der Waals surface area contributed by atoms with E-state index in [1.165, 1.54) is 26.0 Å². The third kappa shape index (κ3) is 4.82. The lowest BCUT2D eigenvalue weighted by atomic mass is 10.2. The molecular formula is C17H20N2O8S2. The number of rotatable bonds is 7. The van der Waals surface area contributed by atoms with Crippen LogP contribution in [-0.2, 0) is 24.2 Å². The van der Waals surface area contributed by atoms with Crippen LogP contribution in [-0.4, -0.2) is 80.8 Å². The van der Waals surface area contributed by atoms with Gasteiger partial charge in [0.15, 0.2) is 15.0 Å². The maximum absolute atomic E-state index is 12.2. The molecule has 2 atom stereocenters. The van der Waals surface area contributed by atoms with Gasteiger partial charge in [0.05, 0.1) is 37.5 Å². The van der Waals surface area contributed by atoms with Gasteiger partial charge >= 0.3 is 5.97 Å². The molecule has 0 aliphatic carbocycles. The number of aliphatic carboxylic acids is 1. The first-order valence-electron chi connectivity index (χ1n) is 8.53. The molecule has 29 heavy (non-hydrogen) atoms. The normalized spacial score (nSPS) is 23.8. The molecule has 2 heterocycles. The van der Waals surface area contributed by atoms with E-state index in [0.29, 0.717) is 22.4 Å². The number of carboxylic acid groups (broad SMARTS) is 1. The summed E-state index contributed by atoms with van der Waals surface area (Å²) in [5.41, 5.74) is 0.530. The van der Waals surface area contributed by atoms with Gasteiger partial charge in [0.2, 0.25) is 0 Å². The first kappa shape index (κ1) is 21.4. The molecule has 10 nitrogen and oxygen atoms in total. The van der Waals surface area contributed by atoms with Gasteiger partial charge in [-0.2, -0.15) is 4.99 Å². The highest BCUT2D eigenvalue weighted by Gasteiger charge is 2.50. The Morgan fingerprint density at radius 3 is 2.66 bits per heavy atom. The Morgan fingerprint density at radius 1 is 1.24 bits per heavy atom. The summed E-state index contributed by atoms with van der Waals surface area (Å²) >= 11 is 1.19. The third-order valence-corrected chi connectivity index (χ3v) is 7.59. The van der Waals surface area contributed by atoms with Gasteiger partial charge in [0.1, 0.15) is 24.7 Å². The Hall–Kier alpha value is -2.31. The molecule has 0 bridgehead atoms. The highest BCUT2D eigenvalue weighted by Crippen LogP contribution is 2.44. The van der Waals surface area contributed by atoms with E-state index in [2.05, 4.69) is 4.99 Å². The minimum Gasteiger partial charge on any atom is -0.497 e. The van der Waals surface area contributed by atoms with Crippen molar-refractivity contribution < 1.29 is 37.3 Å². The molecule has 1 aromatic rings. The second-order valence-electron chi connectivity index (χ2n) is 6.38. The van der Waals surface area contributed by atoms with Crippen molar-refractivity contribution in [3.8, 4) is 11.5 Å². The fraction of sp³-hybridized carbons (Fsp3) is 0.471. The second kappa shape index (κ2) is 8.59. The van der Waals surface area contributed by atoms with Crippen molar-refractivity contribution in [2.24, 2.45) is 4.99 Å². The summed E-state index contributed by atoms with van der Waals surface area (Å²) in [4.78, 5) is 28.4. The van der Waals surface area contributed by atoms with Crippen LogP contribution in [0.1, 0.15) is 0 Å². The van der Waals surface area contributed by atoms with Crippen LogP contribution in [0.3, 0.4) is 0 Å². The first-order chi connectivity index (χ1) is 13.7. The van der Waals surface area contributed by atoms with Crippen molar-refractivity contribution in [1.29, 1.82) is 0 Å². The van der Waals surface area contributed by atoms with Crippen molar-refractivity contribution in [3.63, 3.8) is 0 Å². The van der Waals surface area contributed by atoms with Gasteiger partial charge in [-0.15, -0.1) is 0 Å². The molecule has 1 N–H and O–H groups in total. The van der Waals surface area contributed by atoms with Crippen LogP contribution in [0.25, 0.3) is 0 Å². The zero-order valence-electron chi connectivity index (χ0n) is 15.7. The number of hydrogen-bond acceptors (Lipinski definition) is 8. The smallest absolute Gasteiger partial charge is 0.329 e. The summed E-state index contributed by atoms with van der Waals surface area (Å²) in [6.07, 6.45) is 0. The second-order valence-corrected chi connectivity index (χ2v) is 9.74. The largest absolute Gasteiger partial charge is 0.497 e. The molecule has 12 heteroatoms. The Balaban J connectivity index is 1.96. The van der Waals surface area contributed by atoms with E-state index in [0.717, 1.165) is 0 Å². The van der Waals surface area contributed by atoms with Gasteiger partial charge in [-0.05, 0) is 12.1 Å². The average molecular weight is 444 g/mol. The quantitative estimate of drug-likeness (QED) is 0.630. The highest BCUT2D eigenvalue weighted by atomic mass is 32.2. The van der Waals surface area contributed by atoms with E-state index < -0.39 is 41.0 Å². The van der Waals surface area contributed by atoms with Crippen LogP contribution in [0.15, 0.2) is 23.2 Å². The number of carbonyl (C=O) groups is 2. The predicted molar refractivity (Wildman–Crippen MR) is 107 cm³/mol. The number of hydrogen-bond donors (Lipinski definition) is 1. The lowest BCUT2D eigenvalue weighted by Crippen LogP contribution is -2.38. The first-order valence-corrected chi connectivity index (χ1v) is 11.2. The van der Waals surface area contributed by atoms with Gasteiger partial charge in [0, 0.05) is 11.3 Å². The number of sulfone groups is 1. The lowest BCUT2D eigenvalue weighted by molar-refractivity contribution is -0.143. The molecule has 1 aromatic carbocycles.